The highest BCUT2D eigenvalue weighted by molar-refractivity contribution is 6.00. The number of rotatable bonds is 12. The molecule has 1 saturated carbocycles. The molecule has 3 aliphatic rings. The number of likely N-dealkylation sites (tertiary alicyclic amines) is 1. The van der Waals surface area contributed by atoms with Gasteiger partial charge in [-0.15, -0.1) is 0 Å². The zero-order valence-corrected chi connectivity index (χ0v) is 25.8. The molecule has 2 amide bonds. The number of aromatic carboxylic acids is 1. The van der Waals surface area contributed by atoms with E-state index in [1.807, 2.05) is 31.2 Å². The van der Waals surface area contributed by atoms with Gasteiger partial charge in [0.2, 0.25) is 11.8 Å². The van der Waals surface area contributed by atoms with Crippen LogP contribution in [0.3, 0.4) is 0 Å². The van der Waals surface area contributed by atoms with Crippen LogP contribution in [0.5, 0.6) is 17.2 Å². The van der Waals surface area contributed by atoms with Gasteiger partial charge in [0.15, 0.2) is 11.5 Å². The van der Waals surface area contributed by atoms with E-state index in [0.29, 0.717) is 62.9 Å². The fourth-order valence-corrected chi connectivity index (χ4v) is 6.90. The lowest BCUT2D eigenvalue weighted by Gasteiger charge is -2.52. The number of aliphatic hydroxyl groups is 1. The summed E-state index contributed by atoms with van der Waals surface area (Å²) in [5, 5.41) is 23.3. The van der Waals surface area contributed by atoms with Crippen LogP contribution in [0.15, 0.2) is 42.5 Å². The molecule has 0 bridgehead atoms. The first-order chi connectivity index (χ1) is 21.3. The van der Waals surface area contributed by atoms with Crippen molar-refractivity contribution in [2.45, 2.75) is 89.4 Å². The number of ether oxygens (including phenoxy) is 2. The summed E-state index contributed by atoms with van der Waals surface area (Å²) in [6, 6.07) is 11.4. The number of aliphatic hydroxyl groups excluding tert-OH is 1. The highest BCUT2D eigenvalue weighted by Gasteiger charge is 2.55. The standard InChI is InChI=1S/C34H45N3O7/c1-3-5-18-37-31(39)29(30(38)24-8-6-7-9-24)35-33(42)34(37)16-19-36(20-17-34)22-23-10-13-26(14-11-23)44-27-15-12-25(32(40)41)21-28(27)43-4-2/h10-15,21,24,29-30,38H,3-9,16-20,22H2,1-2H3,(H,35,42)(H,40,41)/t29-,30?/m1/s1. The number of unbranched alkanes of at least 4 members (excludes halogenated alkanes) is 1. The van der Waals surface area contributed by atoms with Crippen LogP contribution in [0.1, 0.15) is 81.1 Å². The SMILES string of the molecule is CCCCN1C(=O)[C@@H](C(O)C2CCCC2)NC(=O)C12CCN(Cc1ccc(Oc3ccc(C(=O)O)cc3OCC)cc1)CC2. The predicted molar refractivity (Wildman–Crippen MR) is 165 cm³/mol. The van der Waals surface area contributed by atoms with E-state index in [1.54, 1.807) is 11.0 Å². The molecule has 3 N–H and O–H groups in total. The number of carboxylic acid groups (broad SMARTS) is 1. The molecule has 2 atom stereocenters. The Morgan fingerprint density at radius 3 is 2.39 bits per heavy atom. The van der Waals surface area contributed by atoms with Crippen LogP contribution in [0.2, 0.25) is 0 Å². The molecule has 10 nitrogen and oxygen atoms in total. The van der Waals surface area contributed by atoms with Crippen molar-refractivity contribution in [3.8, 4) is 17.2 Å². The topological polar surface area (TPSA) is 129 Å². The summed E-state index contributed by atoms with van der Waals surface area (Å²) in [4.78, 5) is 42.9. The number of amides is 2. The molecule has 10 heteroatoms. The number of carbonyl (C=O) groups excluding carboxylic acids is 2. The maximum absolute atomic E-state index is 13.8. The van der Waals surface area contributed by atoms with Crippen molar-refractivity contribution in [3.05, 3.63) is 53.6 Å². The highest BCUT2D eigenvalue weighted by Crippen LogP contribution is 2.37. The van der Waals surface area contributed by atoms with Gasteiger partial charge in [-0.3, -0.25) is 14.5 Å². The van der Waals surface area contributed by atoms with Gasteiger partial charge in [0.05, 0.1) is 18.3 Å². The highest BCUT2D eigenvalue weighted by atomic mass is 16.5. The number of carboxylic acids is 1. The molecule has 2 aromatic carbocycles. The monoisotopic (exact) mass is 607 g/mol. The third-order valence-electron chi connectivity index (χ3n) is 9.45. The van der Waals surface area contributed by atoms with Crippen molar-refractivity contribution < 1.29 is 34.1 Å². The number of carbonyl (C=O) groups is 3. The molecule has 1 unspecified atom stereocenters. The van der Waals surface area contributed by atoms with Crippen LogP contribution in [0.4, 0.5) is 0 Å². The lowest BCUT2D eigenvalue weighted by molar-refractivity contribution is -0.165. The minimum Gasteiger partial charge on any atom is -0.490 e. The predicted octanol–water partition coefficient (Wildman–Crippen LogP) is 4.59. The van der Waals surface area contributed by atoms with E-state index < -0.39 is 23.7 Å². The first-order valence-electron chi connectivity index (χ1n) is 16.1. The molecule has 2 aromatic rings. The van der Waals surface area contributed by atoms with E-state index >= 15 is 0 Å². The third-order valence-corrected chi connectivity index (χ3v) is 9.45. The Hall–Kier alpha value is -3.63. The summed E-state index contributed by atoms with van der Waals surface area (Å²) >= 11 is 0. The Morgan fingerprint density at radius 2 is 1.75 bits per heavy atom. The second kappa shape index (κ2) is 14.0. The summed E-state index contributed by atoms with van der Waals surface area (Å²) in [6.45, 7) is 6.86. The first kappa shape index (κ1) is 31.8. The van der Waals surface area contributed by atoms with Gasteiger partial charge in [0, 0.05) is 26.2 Å². The van der Waals surface area contributed by atoms with Crippen LogP contribution in [0, 0.1) is 5.92 Å². The van der Waals surface area contributed by atoms with Gasteiger partial charge in [-0.25, -0.2) is 4.79 Å². The Kier molecular flexibility index (Phi) is 10.1. The summed E-state index contributed by atoms with van der Waals surface area (Å²) in [5.74, 6) is 0.194. The maximum atomic E-state index is 13.8. The minimum absolute atomic E-state index is 0.0640. The van der Waals surface area contributed by atoms with Crippen LogP contribution in [-0.2, 0) is 16.1 Å². The van der Waals surface area contributed by atoms with Gasteiger partial charge in [0.1, 0.15) is 17.3 Å². The smallest absolute Gasteiger partial charge is 0.335 e. The van der Waals surface area contributed by atoms with Crippen molar-refractivity contribution in [1.29, 1.82) is 0 Å². The molecule has 2 heterocycles. The number of piperazine rings is 1. The Bertz CT molecular complexity index is 1320. The molecule has 3 fully saturated rings. The lowest BCUT2D eigenvalue weighted by atomic mass is 9.80. The van der Waals surface area contributed by atoms with Crippen LogP contribution in [-0.4, -0.2) is 81.7 Å². The molecule has 1 spiro atoms. The zero-order chi connectivity index (χ0) is 31.3. The number of hydrogen-bond acceptors (Lipinski definition) is 7. The Labute approximate surface area is 259 Å². The summed E-state index contributed by atoms with van der Waals surface area (Å²) in [7, 11) is 0. The van der Waals surface area contributed by atoms with E-state index in [2.05, 4.69) is 17.1 Å². The Balaban J connectivity index is 1.22. The van der Waals surface area contributed by atoms with Crippen molar-refractivity contribution in [3.63, 3.8) is 0 Å². The number of nitrogens with one attached hydrogen (secondary N) is 1. The summed E-state index contributed by atoms with van der Waals surface area (Å²) in [5.41, 5.74) is 0.344. The van der Waals surface area contributed by atoms with Gasteiger partial charge in [-0.2, -0.15) is 0 Å². The van der Waals surface area contributed by atoms with Gasteiger partial charge in [0.25, 0.3) is 0 Å². The maximum Gasteiger partial charge on any atom is 0.335 e. The van der Waals surface area contributed by atoms with Crippen LogP contribution < -0.4 is 14.8 Å². The largest absolute Gasteiger partial charge is 0.490 e. The quantitative estimate of drug-likeness (QED) is 0.320. The number of piperidine rings is 1. The molecular formula is C34H45N3O7. The first-order valence-corrected chi connectivity index (χ1v) is 16.1. The van der Waals surface area contributed by atoms with E-state index in [1.165, 1.54) is 12.1 Å². The second-order valence-electron chi connectivity index (χ2n) is 12.3. The van der Waals surface area contributed by atoms with Crippen LogP contribution >= 0.6 is 0 Å². The van der Waals surface area contributed by atoms with Gasteiger partial charge in [-0.1, -0.05) is 38.3 Å². The van der Waals surface area contributed by atoms with Crippen molar-refractivity contribution in [1.82, 2.24) is 15.1 Å². The molecule has 2 aliphatic heterocycles. The van der Waals surface area contributed by atoms with Gasteiger partial charge < -0.3 is 29.9 Å². The fraction of sp³-hybridized carbons (Fsp3) is 0.559. The van der Waals surface area contributed by atoms with Crippen molar-refractivity contribution in [2.24, 2.45) is 5.92 Å². The minimum atomic E-state index is -1.03. The number of hydrogen-bond donors (Lipinski definition) is 3. The fourth-order valence-electron chi connectivity index (χ4n) is 6.90. The molecule has 44 heavy (non-hydrogen) atoms. The van der Waals surface area contributed by atoms with Crippen molar-refractivity contribution >= 4 is 17.8 Å². The third kappa shape index (κ3) is 6.71. The molecule has 2 saturated heterocycles. The van der Waals surface area contributed by atoms with E-state index in [9.17, 15) is 24.6 Å². The average Bonchev–Trinajstić information content (AvgIpc) is 3.57. The van der Waals surface area contributed by atoms with Crippen molar-refractivity contribution in [2.75, 3.05) is 26.2 Å². The Morgan fingerprint density at radius 1 is 1.05 bits per heavy atom. The molecule has 0 radical (unpaired) electrons. The van der Waals surface area contributed by atoms with E-state index in [-0.39, 0.29) is 23.3 Å². The van der Waals surface area contributed by atoms with E-state index in [4.69, 9.17) is 9.47 Å². The summed E-state index contributed by atoms with van der Waals surface area (Å²) < 4.78 is 11.6. The molecule has 0 aromatic heterocycles. The lowest BCUT2D eigenvalue weighted by Crippen LogP contribution is -2.75. The average molecular weight is 608 g/mol. The number of nitrogens with zero attached hydrogens (tertiary/aromatic N) is 2. The molecule has 5 rings (SSSR count). The number of benzene rings is 2. The van der Waals surface area contributed by atoms with E-state index in [0.717, 1.165) is 44.1 Å². The summed E-state index contributed by atoms with van der Waals surface area (Å²) in [6.07, 6.45) is 5.92. The van der Waals surface area contributed by atoms with Crippen LogP contribution in [0.25, 0.3) is 0 Å². The molecule has 1 aliphatic carbocycles. The zero-order valence-electron chi connectivity index (χ0n) is 25.8. The van der Waals surface area contributed by atoms with Gasteiger partial charge >= 0.3 is 5.97 Å². The molecular weight excluding hydrogens is 562 g/mol. The second-order valence-corrected chi connectivity index (χ2v) is 12.3. The molecule has 238 valence electrons. The normalized spacial score (nSPS) is 21.3. The van der Waals surface area contributed by atoms with Gasteiger partial charge in [-0.05, 0) is 80.8 Å².